The minimum Gasteiger partial charge on any atom is -0.462 e. The molecule has 3 aliphatic rings. The van der Waals surface area contributed by atoms with E-state index in [1.54, 1.807) is 0 Å². The normalized spacial score (nSPS) is 23.3. The number of likely N-dealkylation sites (tertiary alicyclic amines) is 1. The van der Waals surface area contributed by atoms with Crippen molar-refractivity contribution in [2.24, 2.45) is 0 Å². The second-order valence-electron chi connectivity index (χ2n) is 11.4. The minimum absolute atomic E-state index is 0.00609. The van der Waals surface area contributed by atoms with Gasteiger partial charge in [-0.1, -0.05) is 0 Å². The van der Waals surface area contributed by atoms with Gasteiger partial charge in [0.2, 0.25) is 0 Å². The number of likely N-dealkylation sites (N-methyl/N-ethyl adjacent to an activating group) is 1. The maximum Gasteiger partial charge on any atom is 0.416 e. The van der Waals surface area contributed by atoms with E-state index in [2.05, 4.69) is 25.2 Å². The standard InChI is InChI=1S/C29H29F5N6O/c1-39-8-2-3-18(39)14-41-28-37-26-20(27(38-28)40-12-16-5-6-17(13-40)36-16)10-22(30)24(25(26)31)21-11-35-23-7-4-15(9-19(21)23)29(32,33)34/h4,7,9-11,16-18,35-36H,2-3,5-6,8,12-14H2,1H3/t16?,17?,18-/m0/s1. The Bertz CT molecular complexity index is 1630. The van der Waals surface area contributed by atoms with E-state index in [-0.39, 0.29) is 46.0 Å². The second-order valence-corrected chi connectivity index (χ2v) is 11.4. The first-order valence-electron chi connectivity index (χ1n) is 13.9. The third-order valence-corrected chi connectivity index (χ3v) is 8.71. The van der Waals surface area contributed by atoms with Crippen LogP contribution in [0, 0.1) is 11.6 Å². The Morgan fingerprint density at radius 3 is 2.51 bits per heavy atom. The van der Waals surface area contributed by atoms with Crippen LogP contribution in [0.4, 0.5) is 27.8 Å². The average molecular weight is 573 g/mol. The number of fused-ring (bicyclic) bond motifs is 4. The van der Waals surface area contributed by atoms with Crippen molar-refractivity contribution in [3.05, 3.63) is 47.7 Å². The van der Waals surface area contributed by atoms with E-state index in [0.717, 1.165) is 44.4 Å². The molecule has 2 bridgehead atoms. The largest absolute Gasteiger partial charge is 0.462 e. The first-order chi connectivity index (χ1) is 19.7. The number of benzene rings is 2. The zero-order valence-electron chi connectivity index (χ0n) is 22.4. The van der Waals surface area contributed by atoms with Crippen molar-refractivity contribution in [1.29, 1.82) is 0 Å². The van der Waals surface area contributed by atoms with Gasteiger partial charge < -0.3 is 24.8 Å². The first-order valence-corrected chi connectivity index (χ1v) is 13.9. The van der Waals surface area contributed by atoms with Crippen LogP contribution < -0.4 is 15.0 Å². The molecule has 2 N–H and O–H groups in total. The number of hydrogen-bond acceptors (Lipinski definition) is 6. The van der Waals surface area contributed by atoms with E-state index in [1.807, 2.05) is 11.9 Å². The zero-order valence-corrected chi connectivity index (χ0v) is 22.4. The van der Waals surface area contributed by atoms with E-state index in [1.165, 1.54) is 18.3 Å². The highest BCUT2D eigenvalue weighted by atomic mass is 19.4. The summed E-state index contributed by atoms with van der Waals surface area (Å²) in [6.07, 6.45) is 0.747. The number of nitrogens with zero attached hydrogens (tertiary/aromatic N) is 4. The van der Waals surface area contributed by atoms with Crippen LogP contribution in [0.15, 0.2) is 30.5 Å². The van der Waals surface area contributed by atoms with Crippen LogP contribution in [0.25, 0.3) is 32.9 Å². The molecule has 2 unspecified atom stereocenters. The highest BCUT2D eigenvalue weighted by molar-refractivity contribution is 6.00. The number of alkyl halides is 3. The van der Waals surface area contributed by atoms with Gasteiger partial charge in [-0.2, -0.15) is 23.1 Å². The lowest BCUT2D eigenvalue weighted by Gasteiger charge is -2.34. The predicted octanol–water partition coefficient (Wildman–Crippen LogP) is 5.49. The number of aromatic nitrogens is 3. The van der Waals surface area contributed by atoms with E-state index in [9.17, 15) is 13.2 Å². The molecule has 4 aromatic rings. The van der Waals surface area contributed by atoms with E-state index >= 15 is 8.78 Å². The topological polar surface area (TPSA) is 69.3 Å². The first kappa shape index (κ1) is 26.4. The maximum atomic E-state index is 16.4. The number of rotatable bonds is 5. The third-order valence-electron chi connectivity index (χ3n) is 8.71. The van der Waals surface area contributed by atoms with Gasteiger partial charge in [0.05, 0.1) is 11.1 Å². The van der Waals surface area contributed by atoms with Gasteiger partial charge in [-0.3, -0.25) is 0 Å². The Hall–Kier alpha value is -3.51. The molecule has 3 atom stereocenters. The fourth-order valence-corrected chi connectivity index (χ4v) is 6.55. The van der Waals surface area contributed by atoms with Crippen molar-refractivity contribution >= 4 is 27.6 Å². The molecular formula is C29H29F5N6O. The van der Waals surface area contributed by atoms with E-state index in [4.69, 9.17) is 4.74 Å². The van der Waals surface area contributed by atoms with Crippen molar-refractivity contribution in [1.82, 2.24) is 25.2 Å². The summed E-state index contributed by atoms with van der Waals surface area (Å²) in [7, 11) is 2.02. The quantitative estimate of drug-likeness (QED) is 0.309. The molecule has 2 aromatic carbocycles. The molecule has 3 aliphatic heterocycles. The summed E-state index contributed by atoms with van der Waals surface area (Å²) in [5, 5.41) is 3.81. The Kier molecular flexibility index (Phi) is 6.31. The highest BCUT2D eigenvalue weighted by Gasteiger charge is 2.35. The Morgan fingerprint density at radius 2 is 1.80 bits per heavy atom. The summed E-state index contributed by atoms with van der Waals surface area (Å²) in [6.45, 7) is 2.54. The molecule has 0 saturated carbocycles. The SMILES string of the molecule is CN1CCC[C@H]1COc1nc(N2CC3CCC(C2)N3)c2cc(F)c(-c3c[nH]c4ccc(C(F)(F)F)cc34)c(F)c2n1. The lowest BCUT2D eigenvalue weighted by Crippen LogP contribution is -2.51. The van der Waals surface area contributed by atoms with Gasteiger partial charge in [0.15, 0.2) is 5.82 Å². The number of anilines is 1. The molecule has 3 saturated heterocycles. The Labute approximate surface area is 232 Å². The summed E-state index contributed by atoms with van der Waals surface area (Å²) in [4.78, 5) is 16.1. The summed E-state index contributed by atoms with van der Waals surface area (Å²) >= 11 is 0. The lowest BCUT2D eigenvalue weighted by molar-refractivity contribution is -0.137. The monoisotopic (exact) mass is 572 g/mol. The van der Waals surface area contributed by atoms with Crippen LogP contribution in [0.2, 0.25) is 0 Å². The molecule has 216 valence electrons. The highest BCUT2D eigenvalue weighted by Crippen LogP contribution is 2.41. The van der Waals surface area contributed by atoms with Crippen molar-refractivity contribution < 1.29 is 26.7 Å². The summed E-state index contributed by atoms with van der Waals surface area (Å²) in [5.41, 5.74) is -1.17. The molecule has 7 nitrogen and oxygen atoms in total. The molecule has 2 aromatic heterocycles. The van der Waals surface area contributed by atoms with Gasteiger partial charge in [0, 0.05) is 59.3 Å². The fraction of sp³-hybridized carbons (Fsp3) is 0.448. The second kappa shape index (κ2) is 9.80. The lowest BCUT2D eigenvalue weighted by atomic mass is 10.00. The van der Waals surface area contributed by atoms with Gasteiger partial charge in [0.25, 0.3) is 0 Å². The molecule has 7 rings (SSSR count). The molecule has 41 heavy (non-hydrogen) atoms. The van der Waals surface area contributed by atoms with Crippen LogP contribution >= 0.6 is 0 Å². The van der Waals surface area contributed by atoms with Crippen molar-refractivity contribution in [3.8, 4) is 17.1 Å². The number of nitrogens with one attached hydrogen (secondary N) is 2. The van der Waals surface area contributed by atoms with Crippen molar-refractivity contribution in [2.45, 2.75) is 50.0 Å². The van der Waals surface area contributed by atoms with Crippen LogP contribution in [0.5, 0.6) is 6.01 Å². The summed E-state index contributed by atoms with van der Waals surface area (Å²) in [6, 6.07) is 4.94. The average Bonchev–Trinajstić information content (AvgIpc) is 3.64. The van der Waals surface area contributed by atoms with Gasteiger partial charge in [0.1, 0.15) is 23.8 Å². The van der Waals surface area contributed by atoms with E-state index in [0.29, 0.717) is 31.0 Å². The van der Waals surface area contributed by atoms with Crippen LogP contribution in [-0.2, 0) is 6.18 Å². The van der Waals surface area contributed by atoms with E-state index < -0.39 is 28.9 Å². The van der Waals surface area contributed by atoms with Gasteiger partial charge >= 0.3 is 12.2 Å². The Balaban J connectivity index is 1.37. The molecule has 0 amide bonds. The molecule has 5 heterocycles. The number of H-pyrrole nitrogens is 1. The molecular weight excluding hydrogens is 543 g/mol. The Morgan fingerprint density at radius 1 is 1.02 bits per heavy atom. The predicted molar refractivity (Wildman–Crippen MR) is 145 cm³/mol. The van der Waals surface area contributed by atoms with Crippen molar-refractivity contribution in [2.75, 3.05) is 38.2 Å². The smallest absolute Gasteiger partial charge is 0.416 e. The van der Waals surface area contributed by atoms with Gasteiger partial charge in [-0.15, -0.1) is 0 Å². The number of aromatic amines is 1. The minimum atomic E-state index is -4.60. The number of hydrogen-bond donors (Lipinski definition) is 2. The van der Waals surface area contributed by atoms with Crippen LogP contribution in [-0.4, -0.2) is 71.3 Å². The maximum absolute atomic E-state index is 16.4. The molecule has 0 spiro atoms. The number of piperazine rings is 1. The van der Waals surface area contributed by atoms with Crippen LogP contribution in [0.1, 0.15) is 31.2 Å². The van der Waals surface area contributed by atoms with Gasteiger partial charge in [-0.05, 0) is 63.5 Å². The van der Waals surface area contributed by atoms with Crippen LogP contribution in [0.3, 0.4) is 0 Å². The number of halogens is 5. The molecule has 3 fully saturated rings. The molecule has 0 aliphatic carbocycles. The molecule has 12 heteroatoms. The summed E-state index contributed by atoms with van der Waals surface area (Å²) < 4.78 is 78.6. The van der Waals surface area contributed by atoms with Gasteiger partial charge in [-0.25, -0.2) is 8.78 Å². The summed E-state index contributed by atoms with van der Waals surface area (Å²) in [5.74, 6) is -1.48. The van der Waals surface area contributed by atoms with Crippen molar-refractivity contribution in [3.63, 3.8) is 0 Å². The third kappa shape index (κ3) is 4.66. The fourth-order valence-electron chi connectivity index (χ4n) is 6.55. The molecule has 0 radical (unpaired) electrons. The zero-order chi connectivity index (χ0) is 28.5. The number of ether oxygens (including phenoxy) is 1.